The van der Waals surface area contributed by atoms with Crippen molar-refractivity contribution in [3.8, 4) is 23.6 Å². The van der Waals surface area contributed by atoms with Gasteiger partial charge in [0.15, 0.2) is 18.1 Å². The van der Waals surface area contributed by atoms with E-state index in [-0.39, 0.29) is 12.2 Å². The number of carbonyl (C=O) groups excluding carboxylic acids is 1. The Morgan fingerprint density at radius 1 is 1.19 bits per heavy atom. The van der Waals surface area contributed by atoms with Crippen LogP contribution in [0.2, 0.25) is 0 Å². The largest absolute Gasteiger partial charge is 0.490 e. The summed E-state index contributed by atoms with van der Waals surface area (Å²) in [6.45, 7) is 2.13. The molecule has 2 aromatic rings. The van der Waals surface area contributed by atoms with Crippen LogP contribution in [0.4, 0.5) is 5.69 Å². The summed E-state index contributed by atoms with van der Waals surface area (Å²) in [7, 11) is 0. The number of hydrogen-bond donors (Lipinski definition) is 1. The average Bonchev–Trinajstić information content (AvgIpc) is 2.65. The van der Waals surface area contributed by atoms with Crippen molar-refractivity contribution in [2.45, 2.75) is 6.92 Å². The third-order valence-electron chi connectivity index (χ3n) is 3.32. The number of benzene rings is 2. The molecule has 0 saturated carbocycles. The molecule has 0 heterocycles. The van der Waals surface area contributed by atoms with Crippen LogP contribution in [0.25, 0.3) is 6.08 Å². The summed E-state index contributed by atoms with van der Waals surface area (Å²) >= 11 is 3.33. The molecule has 2 aromatic carbocycles. The lowest BCUT2D eigenvalue weighted by atomic mass is 10.1. The first kappa shape index (κ1) is 20.0. The number of ether oxygens (including phenoxy) is 2. The van der Waals surface area contributed by atoms with Gasteiger partial charge in [-0.05, 0) is 48.9 Å². The Kier molecular flexibility index (Phi) is 7.42. The topological polar surface area (TPSA) is 95.1 Å². The first-order chi connectivity index (χ1) is 13.1. The van der Waals surface area contributed by atoms with E-state index in [1.54, 1.807) is 36.4 Å². The molecule has 27 heavy (non-hydrogen) atoms. The van der Waals surface area contributed by atoms with E-state index in [2.05, 4.69) is 21.2 Å². The lowest BCUT2D eigenvalue weighted by molar-refractivity contribution is -0.112. The van der Waals surface area contributed by atoms with Gasteiger partial charge in [0.2, 0.25) is 0 Å². The maximum atomic E-state index is 12.4. The summed E-state index contributed by atoms with van der Waals surface area (Å²) in [5.74, 6) is 0.345. The van der Waals surface area contributed by atoms with E-state index in [1.165, 1.54) is 6.08 Å². The SMILES string of the molecule is CCOc1cc(/C=C(/C#N)C(=O)Nc2cccc(Br)c2)ccc1OCC#N. The number of rotatable bonds is 7. The standard InChI is InChI=1S/C20H16BrN3O3/c1-2-26-19-11-14(6-7-18(19)27-9-8-22)10-15(13-23)20(25)24-17-5-3-4-16(21)12-17/h3-7,10-12H,2,9H2,1H3,(H,24,25)/b15-10-. The predicted octanol–water partition coefficient (Wildman–Crippen LogP) is 4.30. The van der Waals surface area contributed by atoms with Crippen molar-refractivity contribution in [1.82, 2.24) is 0 Å². The highest BCUT2D eigenvalue weighted by Crippen LogP contribution is 2.29. The van der Waals surface area contributed by atoms with Gasteiger partial charge in [0, 0.05) is 10.2 Å². The molecule has 1 amide bonds. The molecule has 0 aliphatic rings. The molecule has 1 N–H and O–H groups in total. The summed E-state index contributed by atoms with van der Waals surface area (Å²) in [6.07, 6.45) is 1.46. The maximum absolute atomic E-state index is 12.4. The number of amides is 1. The van der Waals surface area contributed by atoms with Gasteiger partial charge < -0.3 is 14.8 Å². The van der Waals surface area contributed by atoms with E-state index >= 15 is 0 Å². The Bertz CT molecular complexity index is 942. The predicted molar refractivity (Wildman–Crippen MR) is 105 cm³/mol. The van der Waals surface area contributed by atoms with Gasteiger partial charge in [-0.15, -0.1) is 0 Å². The molecule has 0 fully saturated rings. The molecule has 0 saturated heterocycles. The van der Waals surface area contributed by atoms with Crippen molar-refractivity contribution in [1.29, 1.82) is 10.5 Å². The number of halogens is 1. The zero-order chi connectivity index (χ0) is 19.6. The van der Waals surface area contributed by atoms with E-state index in [1.807, 2.05) is 25.1 Å². The summed E-state index contributed by atoms with van der Waals surface area (Å²) in [5, 5.41) is 20.7. The molecular formula is C20H16BrN3O3. The van der Waals surface area contributed by atoms with Crippen LogP contribution in [-0.2, 0) is 4.79 Å². The number of carbonyl (C=O) groups is 1. The molecule has 7 heteroatoms. The van der Waals surface area contributed by atoms with Gasteiger partial charge in [-0.1, -0.05) is 28.1 Å². The highest BCUT2D eigenvalue weighted by molar-refractivity contribution is 9.10. The summed E-state index contributed by atoms with van der Waals surface area (Å²) in [4.78, 5) is 12.4. The van der Waals surface area contributed by atoms with Crippen LogP contribution in [-0.4, -0.2) is 19.1 Å². The normalized spacial score (nSPS) is 10.4. The Balaban J connectivity index is 2.25. The van der Waals surface area contributed by atoms with Crippen LogP contribution in [0, 0.1) is 22.7 Å². The molecular weight excluding hydrogens is 410 g/mol. The molecule has 136 valence electrons. The lowest BCUT2D eigenvalue weighted by Gasteiger charge is -2.11. The van der Waals surface area contributed by atoms with Crippen molar-refractivity contribution >= 4 is 33.6 Å². The van der Waals surface area contributed by atoms with E-state index in [4.69, 9.17) is 14.7 Å². The molecule has 0 aliphatic heterocycles. The number of nitrogens with one attached hydrogen (secondary N) is 1. The van der Waals surface area contributed by atoms with Gasteiger partial charge in [-0.3, -0.25) is 4.79 Å². The van der Waals surface area contributed by atoms with Gasteiger partial charge in [0.05, 0.1) is 6.61 Å². The first-order valence-corrected chi connectivity index (χ1v) is 8.82. The van der Waals surface area contributed by atoms with Crippen molar-refractivity contribution in [2.75, 3.05) is 18.5 Å². The second kappa shape index (κ2) is 10.0. The van der Waals surface area contributed by atoms with Crippen LogP contribution in [0.1, 0.15) is 12.5 Å². The number of anilines is 1. The fourth-order valence-electron chi connectivity index (χ4n) is 2.19. The maximum Gasteiger partial charge on any atom is 0.266 e. The summed E-state index contributed by atoms with van der Waals surface area (Å²) in [6, 6.07) is 15.9. The second-order valence-corrected chi connectivity index (χ2v) is 6.14. The van der Waals surface area contributed by atoms with Crippen molar-refractivity contribution in [2.24, 2.45) is 0 Å². The van der Waals surface area contributed by atoms with Crippen molar-refractivity contribution < 1.29 is 14.3 Å². The highest BCUT2D eigenvalue weighted by Gasteiger charge is 2.11. The fraction of sp³-hybridized carbons (Fsp3) is 0.150. The fourth-order valence-corrected chi connectivity index (χ4v) is 2.59. The van der Waals surface area contributed by atoms with E-state index in [0.717, 1.165) is 4.47 Å². The Labute approximate surface area is 165 Å². The molecule has 0 bridgehead atoms. The summed E-state index contributed by atoms with van der Waals surface area (Å²) in [5.41, 5.74) is 1.12. The number of hydrogen-bond acceptors (Lipinski definition) is 5. The highest BCUT2D eigenvalue weighted by atomic mass is 79.9. The molecule has 0 unspecified atom stereocenters. The van der Waals surface area contributed by atoms with Crippen LogP contribution < -0.4 is 14.8 Å². The number of nitrogens with zero attached hydrogens (tertiary/aromatic N) is 2. The van der Waals surface area contributed by atoms with Crippen LogP contribution >= 0.6 is 15.9 Å². The van der Waals surface area contributed by atoms with E-state index in [0.29, 0.717) is 29.4 Å². The lowest BCUT2D eigenvalue weighted by Crippen LogP contribution is -2.13. The van der Waals surface area contributed by atoms with Gasteiger partial charge in [-0.25, -0.2) is 0 Å². The molecule has 0 aromatic heterocycles. The van der Waals surface area contributed by atoms with Crippen LogP contribution in [0.15, 0.2) is 52.5 Å². The third kappa shape index (κ3) is 5.88. The average molecular weight is 426 g/mol. The summed E-state index contributed by atoms with van der Waals surface area (Å²) < 4.78 is 11.6. The molecule has 0 spiro atoms. The quantitative estimate of drug-likeness (QED) is 0.526. The smallest absolute Gasteiger partial charge is 0.266 e. The third-order valence-corrected chi connectivity index (χ3v) is 3.81. The molecule has 0 atom stereocenters. The monoisotopic (exact) mass is 425 g/mol. The van der Waals surface area contributed by atoms with Crippen molar-refractivity contribution in [3.05, 3.63) is 58.1 Å². The Morgan fingerprint density at radius 3 is 2.67 bits per heavy atom. The zero-order valence-electron chi connectivity index (χ0n) is 14.5. The van der Waals surface area contributed by atoms with Gasteiger partial charge in [0.25, 0.3) is 5.91 Å². The van der Waals surface area contributed by atoms with Gasteiger partial charge in [0.1, 0.15) is 17.7 Å². The minimum absolute atomic E-state index is 0.0527. The van der Waals surface area contributed by atoms with Gasteiger partial charge >= 0.3 is 0 Å². The van der Waals surface area contributed by atoms with E-state index in [9.17, 15) is 10.1 Å². The Morgan fingerprint density at radius 2 is 2.00 bits per heavy atom. The van der Waals surface area contributed by atoms with Crippen LogP contribution in [0.3, 0.4) is 0 Å². The molecule has 6 nitrogen and oxygen atoms in total. The molecule has 0 radical (unpaired) electrons. The zero-order valence-corrected chi connectivity index (χ0v) is 16.1. The van der Waals surface area contributed by atoms with E-state index < -0.39 is 5.91 Å². The molecule has 2 rings (SSSR count). The Hall–Kier alpha value is -3.29. The minimum Gasteiger partial charge on any atom is -0.490 e. The minimum atomic E-state index is -0.515. The first-order valence-electron chi connectivity index (χ1n) is 8.02. The second-order valence-electron chi connectivity index (χ2n) is 5.22. The van der Waals surface area contributed by atoms with Crippen LogP contribution in [0.5, 0.6) is 11.5 Å². The van der Waals surface area contributed by atoms with Gasteiger partial charge in [-0.2, -0.15) is 10.5 Å². The van der Waals surface area contributed by atoms with Crippen molar-refractivity contribution in [3.63, 3.8) is 0 Å². The molecule has 0 aliphatic carbocycles. The number of nitriles is 2.